The van der Waals surface area contributed by atoms with E-state index in [4.69, 9.17) is 14.2 Å². The van der Waals surface area contributed by atoms with Gasteiger partial charge in [-0.2, -0.15) is 0 Å². The number of carbonyl (C=O) groups is 2. The first-order chi connectivity index (χ1) is 14.5. The van der Waals surface area contributed by atoms with Crippen LogP contribution in [0.3, 0.4) is 0 Å². The Morgan fingerprint density at radius 1 is 0.933 bits per heavy atom. The van der Waals surface area contributed by atoms with Crippen molar-refractivity contribution >= 4 is 11.9 Å². The van der Waals surface area contributed by atoms with Gasteiger partial charge in [-0.05, 0) is 37.7 Å². The van der Waals surface area contributed by atoms with E-state index in [0.717, 1.165) is 24.3 Å². The van der Waals surface area contributed by atoms with Crippen molar-refractivity contribution in [3.05, 3.63) is 35.9 Å². The molecule has 2 fully saturated rings. The van der Waals surface area contributed by atoms with Crippen molar-refractivity contribution in [2.24, 2.45) is 17.8 Å². The Hall–Kier alpha value is -1.88. The third-order valence-corrected chi connectivity index (χ3v) is 6.23. The molecule has 0 amide bonds. The smallest absolute Gasteiger partial charge is 0.310 e. The number of rotatable bonds is 11. The first-order valence-corrected chi connectivity index (χ1v) is 11.5. The maximum absolute atomic E-state index is 12.9. The molecule has 5 nitrogen and oxygen atoms in total. The van der Waals surface area contributed by atoms with Gasteiger partial charge in [0.05, 0.1) is 30.7 Å². The maximum atomic E-state index is 12.9. The number of ether oxygens (including phenoxy) is 3. The van der Waals surface area contributed by atoms with Crippen LogP contribution in [0.4, 0.5) is 0 Å². The van der Waals surface area contributed by atoms with Gasteiger partial charge in [0.25, 0.3) is 0 Å². The molecular formula is C25H36O5. The first-order valence-electron chi connectivity index (χ1n) is 11.5. The van der Waals surface area contributed by atoms with E-state index in [9.17, 15) is 9.59 Å². The number of benzene rings is 1. The molecule has 1 heterocycles. The number of hydrogen-bond acceptors (Lipinski definition) is 5. The van der Waals surface area contributed by atoms with Gasteiger partial charge in [-0.1, -0.05) is 69.9 Å². The quantitative estimate of drug-likeness (QED) is 0.281. The molecule has 5 heteroatoms. The number of epoxide rings is 1. The molecule has 166 valence electrons. The molecule has 5 atom stereocenters. The minimum absolute atomic E-state index is 0.0830. The highest BCUT2D eigenvalue weighted by atomic mass is 16.6. The Bertz CT molecular complexity index is 686. The normalized spacial score (nSPS) is 26.0. The fourth-order valence-corrected chi connectivity index (χ4v) is 4.29. The van der Waals surface area contributed by atoms with Crippen molar-refractivity contribution in [1.82, 2.24) is 0 Å². The van der Waals surface area contributed by atoms with Crippen LogP contribution in [0.5, 0.6) is 0 Å². The van der Waals surface area contributed by atoms with Crippen LogP contribution in [0.15, 0.2) is 30.3 Å². The van der Waals surface area contributed by atoms with Crippen molar-refractivity contribution in [2.75, 3.05) is 6.61 Å². The fraction of sp³-hybridized carbons (Fsp3) is 0.680. The Morgan fingerprint density at radius 3 is 2.23 bits per heavy atom. The third kappa shape index (κ3) is 6.56. The van der Waals surface area contributed by atoms with E-state index in [2.05, 4.69) is 13.8 Å². The van der Waals surface area contributed by atoms with E-state index < -0.39 is 11.8 Å². The Labute approximate surface area is 180 Å². The van der Waals surface area contributed by atoms with Gasteiger partial charge in [-0.3, -0.25) is 9.59 Å². The first kappa shape index (κ1) is 22.8. The predicted molar refractivity (Wildman–Crippen MR) is 115 cm³/mol. The zero-order chi connectivity index (χ0) is 21.5. The molecule has 3 rings (SSSR count). The van der Waals surface area contributed by atoms with E-state index in [1.807, 2.05) is 37.3 Å². The summed E-state index contributed by atoms with van der Waals surface area (Å²) in [6.07, 6.45) is 6.50. The summed E-state index contributed by atoms with van der Waals surface area (Å²) in [5.74, 6) is -0.816. The van der Waals surface area contributed by atoms with E-state index in [0.29, 0.717) is 19.4 Å². The third-order valence-electron chi connectivity index (χ3n) is 6.23. The molecule has 0 bridgehead atoms. The molecule has 2 aliphatic rings. The van der Waals surface area contributed by atoms with Crippen molar-refractivity contribution in [3.63, 3.8) is 0 Å². The van der Waals surface area contributed by atoms with Crippen LogP contribution >= 0.6 is 0 Å². The van der Waals surface area contributed by atoms with Gasteiger partial charge in [0, 0.05) is 0 Å². The van der Waals surface area contributed by atoms with Crippen molar-refractivity contribution in [2.45, 2.75) is 84.0 Å². The summed E-state index contributed by atoms with van der Waals surface area (Å²) < 4.78 is 16.9. The topological polar surface area (TPSA) is 65.1 Å². The molecule has 1 aliphatic heterocycles. The lowest BCUT2D eigenvalue weighted by atomic mass is 9.79. The highest BCUT2D eigenvalue weighted by Crippen LogP contribution is 2.44. The van der Waals surface area contributed by atoms with E-state index in [1.54, 1.807) is 0 Å². The molecule has 1 aliphatic carbocycles. The summed E-state index contributed by atoms with van der Waals surface area (Å²) in [6, 6.07) is 9.65. The van der Waals surface area contributed by atoms with Gasteiger partial charge in [0.1, 0.15) is 6.10 Å². The van der Waals surface area contributed by atoms with Crippen molar-refractivity contribution in [3.8, 4) is 0 Å². The average molecular weight is 417 g/mol. The number of unbranched alkanes of at least 4 members (excludes halogenated alkanes) is 3. The molecule has 0 spiro atoms. The van der Waals surface area contributed by atoms with E-state index in [1.165, 1.54) is 19.3 Å². The van der Waals surface area contributed by atoms with Crippen LogP contribution in [0.1, 0.15) is 77.4 Å². The predicted octanol–water partition coefficient (Wildman–Crippen LogP) is 5.23. The summed E-state index contributed by atoms with van der Waals surface area (Å²) in [4.78, 5) is 25.6. The average Bonchev–Trinajstić information content (AvgIpc) is 3.51. The van der Waals surface area contributed by atoms with Gasteiger partial charge in [-0.25, -0.2) is 0 Å². The lowest BCUT2D eigenvalue weighted by Gasteiger charge is -2.27. The molecule has 30 heavy (non-hydrogen) atoms. The second-order valence-electron chi connectivity index (χ2n) is 9.15. The second kappa shape index (κ2) is 10.9. The second-order valence-corrected chi connectivity index (χ2v) is 9.15. The number of hydrogen-bond donors (Lipinski definition) is 0. The van der Waals surface area contributed by atoms with Crippen molar-refractivity contribution in [1.29, 1.82) is 0 Å². The Balaban J connectivity index is 1.46. The SMILES string of the molecule is CC(C)CCCCCCOC(=O)C1CC2OC2CC1C(=O)OC(C)c1ccccc1. The van der Waals surface area contributed by atoms with Crippen LogP contribution in [0, 0.1) is 17.8 Å². The van der Waals surface area contributed by atoms with Gasteiger partial charge in [0.15, 0.2) is 0 Å². The minimum atomic E-state index is -0.488. The monoisotopic (exact) mass is 416 g/mol. The molecule has 1 saturated carbocycles. The zero-order valence-electron chi connectivity index (χ0n) is 18.5. The standard InChI is InChI=1S/C25H36O5/c1-17(2)11-7-4-5-10-14-28-24(26)20-15-22-23(30-22)16-21(20)25(27)29-18(3)19-12-8-6-9-13-19/h6,8-9,12-13,17-18,20-23H,4-5,7,10-11,14-16H2,1-3H3. The summed E-state index contributed by atoms with van der Waals surface area (Å²) in [6.45, 7) is 6.76. The zero-order valence-corrected chi connectivity index (χ0v) is 18.5. The summed E-state index contributed by atoms with van der Waals surface area (Å²) in [5.41, 5.74) is 0.943. The molecule has 1 aromatic carbocycles. The Morgan fingerprint density at radius 2 is 1.57 bits per heavy atom. The van der Waals surface area contributed by atoms with Gasteiger partial charge < -0.3 is 14.2 Å². The molecule has 1 saturated heterocycles. The minimum Gasteiger partial charge on any atom is -0.465 e. The molecule has 0 aromatic heterocycles. The van der Waals surface area contributed by atoms with Crippen molar-refractivity contribution < 1.29 is 23.8 Å². The van der Waals surface area contributed by atoms with Crippen LogP contribution in [-0.2, 0) is 23.8 Å². The van der Waals surface area contributed by atoms with Crippen LogP contribution in [-0.4, -0.2) is 30.8 Å². The molecule has 0 radical (unpaired) electrons. The molecule has 1 aromatic rings. The maximum Gasteiger partial charge on any atom is 0.310 e. The summed E-state index contributed by atoms with van der Waals surface area (Å²) >= 11 is 0. The number of fused-ring (bicyclic) bond motifs is 1. The number of carbonyl (C=O) groups excluding carboxylic acids is 2. The van der Waals surface area contributed by atoms with Gasteiger partial charge >= 0.3 is 11.9 Å². The fourth-order valence-electron chi connectivity index (χ4n) is 4.29. The number of esters is 2. The van der Waals surface area contributed by atoms with Crippen LogP contribution < -0.4 is 0 Å². The highest BCUT2D eigenvalue weighted by Gasteiger charge is 2.53. The largest absolute Gasteiger partial charge is 0.465 e. The van der Waals surface area contributed by atoms with Gasteiger partial charge in [-0.15, -0.1) is 0 Å². The summed E-state index contributed by atoms with van der Waals surface area (Å²) in [5, 5.41) is 0. The van der Waals surface area contributed by atoms with Crippen LogP contribution in [0.25, 0.3) is 0 Å². The van der Waals surface area contributed by atoms with E-state index in [-0.39, 0.29) is 30.3 Å². The summed E-state index contributed by atoms with van der Waals surface area (Å²) in [7, 11) is 0. The molecule has 5 unspecified atom stereocenters. The van der Waals surface area contributed by atoms with Crippen LogP contribution in [0.2, 0.25) is 0 Å². The lowest BCUT2D eigenvalue weighted by Crippen LogP contribution is -2.38. The van der Waals surface area contributed by atoms with Gasteiger partial charge in [0.2, 0.25) is 0 Å². The Kier molecular flexibility index (Phi) is 8.32. The lowest BCUT2D eigenvalue weighted by molar-refractivity contribution is -0.165. The van der Waals surface area contributed by atoms with E-state index >= 15 is 0 Å². The molecular weight excluding hydrogens is 380 g/mol. The molecule has 0 N–H and O–H groups in total. The highest BCUT2D eigenvalue weighted by molar-refractivity contribution is 5.82.